The molecule has 1 aliphatic carbocycles. The molecule has 0 saturated heterocycles. The van der Waals surface area contributed by atoms with Crippen LogP contribution in [0.2, 0.25) is 5.02 Å². The van der Waals surface area contributed by atoms with Crippen molar-refractivity contribution < 1.29 is 4.79 Å². The molecule has 1 fully saturated rings. The number of carbonyl (C=O) groups excluding carboxylic acids is 1. The topological polar surface area (TPSA) is 54.0 Å². The molecule has 0 radical (unpaired) electrons. The van der Waals surface area contributed by atoms with Crippen molar-refractivity contribution in [3.8, 4) is 0 Å². The summed E-state index contributed by atoms with van der Waals surface area (Å²) in [5.41, 5.74) is 0.307. The average Bonchev–Trinajstić information content (AvgIpc) is 2.35. The number of hydrogen-bond acceptors (Lipinski definition) is 3. The Kier molecular flexibility index (Phi) is 5.02. The van der Waals surface area contributed by atoms with Crippen molar-refractivity contribution in [2.45, 2.75) is 32.6 Å². The molecule has 4 nitrogen and oxygen atoms in total. The molecule has 1 aliphatic rings. The van der Waals surface area contributed by atoms with Gasteiger partial charge in [0.25, 0.3) is 5.91 Å². The largest absolute Gasteiger partial charge is 0.370 e. The zero-order valence-corrected chi connectivity index (χ0v) is 12.0. The summed E-state index contributed by atoms with van der Waals surface area (Å²) in [7, 11) is 0. The molecule has 2 rings (SSSR count). The molecule has 0 unspecified atom stereocenters. The van der Waals surface area contributed by atoms with E-state index in [9.17, 15) is 4.79 Å². The Hall–Kier alpha value is -1.29. The van der Waals surface area contributed by atoms with Crippen molar-refractivity contribution in [1.29, 1.82) is 0 Å². The molecule has 1 heterocycles. The minimum atomic E-state index is -0.183. The number of aromatic nitrogens is 1. The molecule has 0 spiro atoms. The second kappa shape index (κ2) is 6.75. The Morgan fingerprint density at radius 3 is 2.89 bits per heavy atom. The zero-order valence-electron chi connectivity index (χ0n) is 11.2. The van der Waals surface area contributed by atoms with Gasteiger partial charge in [-0.05, 0) is 37.3 Å². The summed E-state index contributed by atoms with van der Waals surface area (Å²) >= 11 is 6.04. The molecule has 0 aromatic carbocycles. The van der Waals surface area contributed by atoms with Crippen LogP contribution in [-0.2, 0) is 0 Å². The maximum Gasteiger partial charge on any atom is 0.271 e. The Morgan fingerprint density at radius 1 is 1.47 bits per heavy atom. The average molecular weight is 282 g/mol. The lowest BCUT2D eigenvalue weighted by Gasteiger charge is -2.25. The number of hydrogen-bond donors (Lipinski definition) is 2. The lowest BCUT2D eigenvalue weighted by molar-refractivity contribution is 0.0934. The highest BCUT2D eigenvalue weighted by atomic mass is 35.5. The fourth-order valence-electron chi connectivity index (χ4n) is 1.97. The first-order chi connectivity index (χ1) is 9.20. The van der Waals surface area contributed by atoms with E-state index in [1.807, 2.05) is 0 Å². The number of nitrogens with one attached hydrogen (secondary N) is 2. The van der Waals surface area contributed by atoms with Gasteiger partial charge >= 0.3 is 0 Å². The molecule has 0 bridgehead atoms. The van der Waals surface area contributed by atoms with Crippen LogP contribution in [0.4, 0.5) is 5.82 Å². The van der Waals surface area contributed by atoms with Gasteiger partial charge in [0.05, 0.1) is 5.02 Å². The van der Waals surface area contributed by atoms with E-state index in [1.165, 1.54) is 19.3 Å². The van der Waals surface area contributed by atoms with Crippen LogP contribution in [0.3, 0.4) is 0 Å². The number of carbonyl (C=O) groups is 1. The van der Waals surface area contributed by atoms with Gasteiger partial charge in [0.15, 0.2) is 0 Å². The van der Waals surface area contributed by atoms with Crippen molar-refractivity contribution in [3.63, 3.8) is 0 Å². The van der Waals surface area contributed by atoms with E-state index >= 15 is 0 Å². The normalized spacial score (nSPS) is 14.8. The van der Waals surface area contributed by atoms with Crippen LogP contribution in [0.1, 0.15) is 43.1 Å². The van der Waals surface area contributed by atoms with E-state index < -0.39 is 0 Å². The highest BCUT2D eigenvalue weighted by molar-refractivity contribution is 6.33. The van der Waals surface area contributed by atoms with Crippen LogP contribution < -0.4 is 10.6 Å². The maximum atomic E-state index is 12.1. The smallest absolute Gasteiger partial charge is 0.271 e. The van der Waals surface area contributed by atoms with Crippen molar-refractivity contribution in [3.05, 3.63) is 22.8 Å². The van der Waals surface area contributed by atoms with Crippen molar-refractivity contribution >= 4 is 23.3 Å². The third-order valence-electron chi connectivity index (χ3n) is 3.39. The SMILES string of the molecule is CCCNc1ccc(Cl)c(C(=O)NCC2CCC2)n1. The fraction of sp³-hybridized carbons (Fsp3) is 0.571. The number of nitrogens with zero attached hydrogens (tertiary/aromatic N) is 1. The minimum Gasteiger partial charge on any atom is -0.370 e. The molecule has 104 valence electrons. The van der Waals surface area contributed by atoms with Gasteiger partial charge in [-0.1, -0.05) is 24.9 Å². The summed E-state index contributed by atoms with van der Waals surface area (Å²) in [5, 5.41) is 6.46. The zero-order chi connectivity index (χ0) is 13.7. The Balaban J connectivity index is 1.97. The van der Waals surface area contributed by atoms with Crippen LogP contribution in [0.25, 0.3) is 0 Å². The second-order valence-corrected chi connectivity index (χ2v) is 5.37. The van der Waals surface area contributed by atoms with Gasteiger partial charge in [-0.2, -0.15) is 0 Å². The van der Waals surface area contributed by atoms with Crippen LogP contribution in [0.15, 0.2) is 12.1 Å². The molecule has 0 atom stereocenters. The lowest BCUT2D eigenvalue weighted by atomic mass is 9.85. The van der Waals surface area contributed by atoms with Gasteiger partial charge in [-0.25, -0.2) is 4.98 Å². The monoisotopic (exact) mass is 281 g/mol. The number of amides is 1. The Labute approximate surface area is 118 Å². The first-order valence-corrected chi connectivity index (χ1v) is 7.27. The van der Waals surface area contributed by atoms with E-state index in [0.717, 1.165) is 19.5 Å². The van der Waals surface area contributed by atoms with Gasteiger partial charge in [0, 0.05) is 13.1 Å². The fourth-order valence-corrected chi connectivity index (χ4v) is 2.16. The predicted molar refractivity (Wildman–Crippen MR) is 77.7 cm³/mol. The molecule has 2 N–H and O–H groups in total. The van der Waals surface area contributed by atoms with Crippen LogP contribution in [-0.4, -0.2) is 24.0 Å². The Morgan fingerprint density at radius 2 is 2.26 bits per heavy atom. The van der Waals surface area contributed by atoms with Gasteiger partial charge in [0.2, 0.25) is 0 Å². The van der Waals surface area contributed by atoms with Crippen molar-refractivity contribution in [2.24, 2.45) is 5.92 Å². The van der Waals surface area contributed by atoms with Gasteiger partial charge in [-0.15, -0.1) is 0 Å². The first-order valence-electron chi connectivity index (χ1n) is 6.89. The van der Waals surface area contributed by atoms with Gasteiger partial charge in [0.1, 0.15) is 11.5 Å². The molecular formula is C14H20ClN3O. The minimum absolute atomic E-state index is 0.183. The van der Waals surface area contributed by atoms with E-state index in [-0.39, 0.29) is 5.91 Å². The van der Waals surface area contributed by atoms with Crippen LogP contribution in [0, 0.1) is 5.92 Å². The third-order valence-corrected chi connectivity index (χ3v) is 3.70. The second-order valence-electron chi connectivity index (χ2n) is 4.96. The highest BCUT2D eigenvalue weighted by Crippen LogP contribution is 2.25. The van der Waals surface area contributed by atoms with Gasteiger partial charge < -0.3 is 10.6 Å². The molecule has 1 saturated carbocycles. The number of anilines is 1. The van der Waals surface area contributed by atoms with Crippen molar-refractivity contribution in [2.75, 3.05) is 18.4 Å². The van der Waals surface area contributed by atoms with E-state index in [2.05, 4.69) is 22.5 Å². The lowest BCUT2D eigenvalue weighted by Crippen LogP contribution is -2.32. The molecule has 1 aromatic heterocycles. The standard InChI is InChI=1S/C14H20ClN3O/c1-2-8-16-12-7-6-11(15)13(18-12)14(19)17-9-10-4-3-5-10/h6-7,10H,2-5,8-9H2,1H3,(H,16,18)(H,17,19). The molecule has 1 aromatic rings. The molecular weight excluding hydrogens is 262 g/mol. The third kappa shape index (κ3) is 3.83. The summed E-state index contributed by atoms with van der Waals surface area (Å²) in [6, 6.07) is 3.51. The van der Waals surface area contributed by atoms with E-state index in [0.29, 0.717) is 22.5 Å². The maximum absolute atomic E-state index is 12.1. The summed E-state index contributed by atoms with van der Waals surface area (Å²) in [5.74, 6) is 1.14. The Bertz CT molecular complexity index is 446. The number of rotatable bonds is 6. The summed E-state index contributed by atoms with van der Waals surface area (Å²) < 4.78 is 0. The van der Waals surface area contributed by atoms with Gasteiger partial charge in [-0.3, -0.25) is 4.79 Å². The number of halogens is 1. The highest BCUT2D eigenvalue weighted by Gasteiger charge is 2.19. The molecule has 0 aliphatic heterocycles. The van der Waals surface area contributed by atoms with Crippen molar-refractivity contribution in [1.82, 2.24) is 10.3 Å². The van der Waals surface area contributed by atoms with E-state index in [1.54, 1.807) is 12.1 Å². The predicted octanol–water partition coefficient (Wildman–Crippen LogP) is 3.09. The molecule has 1 amide bonds. The summed E-state index contributed by atoms with van der Waals surface area (Å²) in [4.78, 5) is 16.3. The summed E-state index contributed by atoms with van der Waals surface area (Å²) in [6.45, 7) is 3.64. The van der Waals surface area contributed by atoms with Crippen LogP contribution >= 0.6 is 11.6 Å². The molecule has 19 heavy (non-hydrogen) atoms. The quantitative estimate of drug-likeness (QED) is 0.842. The number of pyridine rings is 1. The van der Waals surface area contributed by atoms with E-state index in [4.69, 9.17) is 11.6 Å². The van der Waals surface area contributed by atoms with Crippen LogP contribution in [0.5, 0.6) is 0 Å². The first kappa shape index (κ1) is 14.1. The molecule has 5 heteroatoms. The summed E-state index contributed by atoms with van der Waals surface area (Å²) in [6.07, 6.45) is 4.70.